The van der Waals surface area contributed by atoms with Crippen LogP contribution in [0.2, 0.25) is 0 Å². The van der Waals surface area contributed by atoms with E-state index in [1.165, 1.54) is 0 Å². The fourth-order valence-corrected chi connectivity index (χ4v) is 3.68. The van der Waals surface area contributed by atoms with E-state index in [1.54, 1.807) is 4.31 Å². The maximum absolute atomic E-state index is 12.5. The first-order valence-corrected chi connectivity index (χ1v) is 8.82. The number of nitrogens with one attached hydrogen (secondary N) is 1. The van der Waals surface area contributed by atoms with Gasteiger partial charge in [-0.3, -0.25) is 0 Å². The molecule has 0 heterocycles. The van der Waals surface area contributed by atoms with Crippen molar-refractivity contribution in [2.75, 3.05) is 26.7 Å². The molecule has 0 aliphatic rings. The van der Waals surface area contributed by atoms with Crippen LogP contribution in [0.3, 0.4) is 0 Å². The van der Waals surface area contributed by atoms with Crippen LogP contribution in [0, 0.1) is 0 Å². The Morgan fingerprint density at radius 2 is 1.89 bits per heavy atom. The van der Waals surface area contributed by atoms with E-state index in [0.717, 1.165) is 32.2 Å². The van der Waals surface area contributed by atoms with Crippen molar-refractivity contribution in [2.24, 2.45) is 0 Å². The zero-order valence-corrected chi connectivity index (χ0v) is 13.7. The normalized spacial score (nSPS) is 13.2. The maximum Gasteiger partial charge on any atom is 0.238 e. The smallest absolute Gasteiger partial charge is 0.238 e. The van der Waals surface area contributed by atoms with Gasteiger partial charge in [0.15, 0.2) is 0 Å². The Bertz CT molecular complexity index is 350. The molecule has 0 bridgehead atoms. The number of allylic oxidation sites excluding steroid dienone is 2. The van der Waals surface area contributed by atoms with Crippen LogP contribution in [-0.2, 0) is 10.0 Å². The summed E-state index contributed by atoms with van der Waals surface area (Å²) in [6, 6.07) is 0. The summed E-state index contributed by atoms with van der Waals surface area (Å²) < 4.78 is 26.6. The van der Waals surface area contributed by atoms with Crippen LogP contribution in [0.4, 0.5) is 0 Å². The Morgan fingerprint density at radius 3 is 2.37 bits per heavy atom. The second-order valence-electron chi connectivity index (χ2n) is 4.62. The van der Waals surface area contributed by atoms with E-state index >= 15 is 0 Å². The molecule has 19 heavy (non-hydrogen) atoms. The van der Waals surface area contributed by atoms with Gasteiger partial charge in [0.2, 0.25) is 10.0 Å². The summed E-state index contributed by atoms with van der Waals surface area (Å²) in [5, 5.41) is 3.05. The minimum atomic E-state index is -3.26. The standard InChI is InChI=1S/C14H30N2O2S/c1-5-8-9-11-14(6-2)19(17,18)16(7-3)13-10-12-15-4/h11,15H,5-10,12-13H2,1-4H3/b14-11+. The van der Waals surface area contributed by atoms with E-state index in [-0.39, 0.29) is 0 Å². The number of sulfonamides is 1. The topological polar surface area (TPSA) is 49.4 Å². The van der Waals surface area contributed by atoms with Crippen molar-refractivity contribution in [3.63, 3.8) is 0 Å². The summed E-state index contributed by atoms with van der Waals surface area (Å²) >= 11 is 0. The molecule has 0 fully saturated rings. The number of hydrogen-bond donors (Lipinski definition) is 1. The molecule has 0 atom stereocenters. The Morgan fingerprint density at radius 1 is 1.21 bits per heavy atom. The van der Waals surface area contributed by atoms with Crippen molar-refractivity contribution in [1.82, 2.24) is 9.62 Å². The van der Waals surface area contributed by atoms with Crippen LogP contribution in [0.5, 0.6) is 0 Å². The SMILES string of the molecule is CCCC/C=C(\CC)S(=O)(=O)N(CC)CCCNC. The van der Waals surface area contributed by atoms with Crippen molar-refractivity contribution in [2.45, 2.75) is 52.9 Å². The van der Waals surface area contributed by atoms with Crippen LogP contribution in [0.25, 0.3) is 0 Å². The van der Waals surface area contributed by atoms with Crippen molar-refractivity contribution in [3.05, 3.63) is 11.0 Å². The van der Waals surface area contributed by atoms with Crippen LogP contribution >= 0.6 is 0 Å². The fraction of sp³-hybridized carbons (Fsp3) is 0.857. The molecular formula is C14H30N2O2S. The number of unbranched alkanes of at least 4 members (excludes halogenated alkanes) is 2. The second-order valence-corrected chi connectivity index (χ2v) is 6.61. The van der Waals surface area contributed by atoms with Gasteiger partial charge in [0, 0.05) is 13.1 Å². The predicted octanol–water partition coefficient (Wildman–Crippen LogP) is 2.73. The van der Waals surface area contributed by atoms with E-state index in [2.05, 4.69) is 12.2 Å². The average Bonchev–Trinajstić information content (AvgIpc) is 2.39. The summed E-state index contributed by atoms with van der Waals surface area (Å²) in [7, 11) is -1.38. The first-order valence-electron chi connectivity index (χ1n) is 7.38. The Balaban J connectivity index is 4.80. The summed E-state index contributed by atoms with van der Waals surface area (Å²) in [4.78, 5) is 0.576. The van der Waals surface area contributed by atoms with Gasteiger partial charge in [0.25, 0.3) is 0 Å². The number of nitrogens with zero attached hydrogens (tertiary/aromatic N) is 1. The van der Waals surface area contributed by atoms with Crippen molar-refractivity contribution < 1.29 is 8.42 Å². The first kappa shape index (κ1) is 18.6. The van der Waals surface area contributed by atoms with Gasteiger partial charge in [0.05, 0.1) is 4.91 Å². The van der Waals surface area contributed by atoms with Crippen molar-refractivity contribution >= 4 is 10.0 Å². The molecule has 0 aromatic carbocycles. The molecule has 0 radical (unpaired) electrons. The quantitative estimate of drug-likeness (QED) is 0.595. The lowest BCUT2D eigenvalue weighted by atomic mass is 10.2. The zero-order valence-electron chi connectivity index (χ0n) is 12.9. The van der Waals surface area contributed by atoms with Gasteiger partial charge in [-0.25, -0.2) is 8.42 Å². The predicted molar refractivity (Wildman–Crippen MR) is 82.6 cm³/mol. The highest BCUT2D eigenvalue weighted by molar-refractivity contribution is 7.93. The minimum absolute atomic E-state index is 0.539. The molecule has 4 nitrogen and oxygen atoms in total. The van der Waals surface area contributed by atoms with E-state index in [4.69, 9.17) is 0 Å². The highest BCUT2D eigenvalue weighted by Crippen LogP contribution is 2.18. The molecule has 0 amide bonds. The lowest BCUT2D eigenvalue weighted by Gasteiger charge is -2.21. The van der Waals surface area contributed by atoms with Crippen LogP contribution in [0.15, 0.2) is 11.0 Å². The highest BCUT2D eigenvalue weighted by atomic mass is 32.2. The average molecular weight is 290 g/mol. The third kappa shape index (κ3) is 6.54. The minimum Gasteiger partial charge on any atom is -0.320 e. The van der Waals surface area contributed by atoms with E-state index in [1.807, 2.05) is 27.0 Å². The molecule has 0 spiro atoms. The second kappa shape index (κ2) is 10.4. The Kier molecular flexibility index (Phi) is 10.2. The van der Waals surface area contributed by atoms with Gasteiger partial charge in [-0.05, 0) is 32.9 Å². The molecule has 1 N–H and O–H groups in total. The van der Waals surface area contributed by atoms with Gasteiger partial charge >= 0.3 is 0 Å². The molecular weight excluding hydrogens is 260 g/mol. The largest absolute Gasteiger partial charge is 0.320 e. The lowest BCUT2D eigenvalue weighted by molar-refractivity contribution is 0.422. The molecule has 0 saturated carbocycles. The molecule has 0 aromatic rings. The molecule has 0 aromatic heterocycles. The lowest BCUT2D eigenvalue weighted by Crippen LogP contribution is -2.33. The van der Waals surface area contributed by atoms with Gasteiger partial charge in [-0.15, -0.1) is 0 Å². The van der Waals surface area contributed by atoms with Gasteiger partial charge in [-0.1, -0.05) is 39.7 Å². The Labute approximate surface area is 119 Å². The maximum atomic E-state index is 12.5. The summed E-state index contributed by atoms with van der Waals surface area (Å²) in [6.07, 6.45) is 6.31. The van der Waals surface area contributed by atoms with Crippen LogP contribution in [-0.4, -0.2) is 39.4 Å². The third-order valence-electron chi connectivity index (χ3n) is 3.14. The number of hydrogen-bond acceptors (Lipinski definition) is 3. The van der Waals surface area contributed by atoms with Gasteiger partial charge in [0.1, 0.15) is 0 Å². The molecule has 0 rings (SSSR count). The molecule has 0 aliphatic heterocycles. The van der Waals surface area contributed by atoms with Crippen molar-refractivity contribution in [1.29, 1.82) is 0 Å². The molecule has 114 valence electrons. The Hall–Kier alpha value is -0.390. The van der Waals surface area contributed by atoms with E-state index < -0.39 is 10.0 Å². The summed E-state index contributed by atoms with van der Waals surface area (Å²) in [5.74, 6) is 0. The number of rotatable bonds is 11. The van der Waals surface area contributed by atoms with Crippen LogP contribution in [0.1, 0.15) is 52.9 Å². The zero-order chi connectivity index (χ0) is 14.7. The third-order valence-corrected chi connectivity index (χ3v) is 5.38. The van der Waals surface area contributed by atoms with Gasteiger partial charge < -0.3 is 5.32 Å². The van der Waals surface area contributed by atoms with Crippen LogP contribution < -0.4 is 5.32 Å². The van der Waals surface area contributed by atoms with E-state index in [0.29, 0.717) is 24.4 Å². The first-order chi connectivity index (χ1) is 9.04. The molecule has 0 aliphatic carbocycles. The summed E-state index contributed by atoms with van der Waals surface area (Å²) in [6.45, 7) is 7.89. The van der Waals surface area contributed by atoms with Gasteiger partial charge in [-0.2, -0.15) is 4.31 Å². The van der Waals surface area contributed by atoms with Crippen molar-refractivity contribution in [3.8, 4) is 0 Å². The summed E-state index contributed by atoms with van der Waals surface area (Å²) in [5.41, 5.74) is 0. The highest BCUT2D eigenvalue weighted by Gasteiger charge is 2.23. The monoisotopic (exact) mass is 290 g/mol. The molecule has 0 saturated heterocycles. The molecule has 5 heteroatoms. The fourth-order valence-electron chi connectivity index (χ4n) is 1.95. The van der Waals surface area contributed by atoms with E-state index in [9.17, 15) is 8.42 Å². The molecule has 0 unspecified atom stereocenters.